The number of ketones is 1. The van der Waals surface area contributed by atoms with Gasteiger partial charge in [-0.15, -0.1) is 0 Å². The van der Waals surface area contributed by atoms with E-state index in [9.17, 15) is 9.59 Å². The number of amides is 1. The molecular formula is C16H10BrNO3S2. The third-order valence-electron chi connectivity index (χ3n) is 3.17. The number of thioether (sulfide) groups is 1. The Bertz CT molecular complexity index is 857. The summed E-state index contributed by atoms with van der Waals surface area (Å²) in [7, 11) is 0. The van der Waals surface area contributed by atoms with Crippen molar-refractivity contribution in [3.63, 3.8) is 0 Å². The van der Waals surface area contributed by atoms with Gasteiger partial charge in [0.15, 0.2) is 14.8 Å². The normalized spacial score (nSPS) is 16.4. The van der Waals surface area contributed by atoms with Crippen LogP contribution in [0.15, 0.2) is 50.4 Å². The molecule has 0 aliphatic carbocycles. The minimum Gasteiger partial charge on any atom is -0.450 e. The first-order chi connectivity index (χ1) is 11.0. The van der Waals surface area contributed by atoms with Gasteiger partial charge in [0.2, 0.25) is 0 Å². The van der Waals surface area contributed by atoms with Crippen molar-refractivity contribution in [2.45, 2.75) is 6.92 Å². The number of nitrogens with zero attached hydrogens (tertiary/aromatic N) is 1. The van der Waals surface area contributed by atoms with Crippen molar-refractivity contribution in [3.05, 3.63) is 57.3 Å². The molecule has 1 aromatic heterocycles. The summed E-state index contributed by atoms with van der Waals surface area (Å²) in [5.74, 6) is 0.274. The van der Waals surface area contributed by atoms with Crippen molar-refractivity contribution in [3.8, 4) is 0 Å². The molecule has 0 radical (unpaired) electrons. The average Bonchev–Trinajstić information content (AvgIpc) is 3.03. The molecule has 0 unspecified atom stereocenters. The lowest BCUT2D eigenvalue weighted by atomic mass is 10.1. The van der Waals surface area contributed by atoms with Gasteiger partial charge in [-0.2, -0.15) is 0 Å². The number of halogens is 1. The SMILES string of the molecule is CC(=O)c1cccc(N2C(=O)/C(=C\c3ccc(Br)o3)SC2=S)c1. The van der Waals surface area contributed by atoms with Gasteiger partial charge < -0.3 is 4.42 Å². The molecule has 3 rings (SSSR count). The van der Waals surface area contributed by atoms with Crippen LogP contribution in [0, 0.1) is 0 Å². The number of thiocarbonyl (C=S) groups is 1. The molecule has 116 valence electrons. The molecule has 1 fully saturated rings. The Morgan fingerprint density at radius 1 is 1.35 bits per heavy atom. The van der Waals surface area contributed by atoms with Gasteiger partial charge in [0.25, 0.3) is 5.91 Å². The Morgan fingerprint density at radius 2 is 2.13 bits per heavy atom. The Kier molecular flexibility index (Phi) is 4.52. The van der Waals surface area contributed by atoms with Gasteiger partial charge in [0.1, 0.15) is 5.76 Å². The predicted molar refractivity (Wildman–Crippen MR) is 98.5 cm³/mol. The summed E-state index contributed by atoms with van der Waals surface area (Å²) in [6.07, 6.45) is 1.65. The van der Waals surface area contributed by atoms with Crippen LogP contribution in [0.4, 0.5) is 5.69 Å². The highest BCUT2D eigenvalue weighted by atomic mass is 79.9. The molecule has 1 saturated heterocycles. The summed E-state index contributed by atoms with van der Waals surface area (Å²) in [4.78, 5) is 26.0. The number of rotatable bonds is 3. The molecule has 0 saturated carbocycles. The number of carbonyl (C=O) groups is 2. The molecule has 2 aromatic rings. The van der Waals surface area contributed by atoms with Crippen LogP contribution in [-0.2, 0) is 4.79 Å². The predicted octanol–water partition coefficient (Wildman–Crippen LogP) is 4.65. The fraction of sp³-hybridized carbons (Fsp3) is 0.0625. The number of hydrogen-bond acceptors (Lipinski definition) is 5. The van der Waals surface area contributed by atoms with Crippen LogP contribution in [0.2, 0.25) is 0 Å². The number of Topliss-reactive ketones (excluding diaryl/α,β-unsaturated/α-hetero) is 1. The van der Waals surface area contributed by atoms with Crippen LogP contribution in [0.3, 0.4) is 0 Å². The third-order valence-corrected chi connectivity index (χ3v) is 4.90. The van der Waals surface area contributed by atoms with E-state index >= 15 is 0 Å². The molecule has 4 nitrogen and oxygen atoms in total. The summed E-state index contributed by atoms with van der Waals surface area (Å²) in [5, 5.41) is 0. The number of anilines is 1. The Balaban J connectivity index is 1.94. The Morgan fingerprint density at radius 3 is 2.78 bits per heavy atom. The van der Waals surface area contributed by atoms with Crippen LogP contribution in [0.5, 0.6) is 0 Å². The lowest BCUT2D eigenvalue weighted by Gasteiger charge is -2.15. The van der Waals surface area contributed by atoms with E-state index in [0.29, 0.717) is 30.9 Å². The first-order valence-electron chi connectivity index (χ1n) is 6.60. The topological polar surface area (TPSA) is 50.5 Å². The molecule has 0 bridgehead atoms. The number of benzene rings is 1. The van der Waals surface area contributed by atoms with Gasteiger partial charge in [-0.3, -0.25) is 14.5 Å². The first kappa shape index (κ1) is 16.2. The number of furan rings is 1. The standard InChI is InChI=1S/C16H10BrNO3S2/c1-9(19)10-3-2-4-11(7-10)18-15(20)13(23-16(18)22)8-12-5-6-14(17)21-12/h2-8H,1H3/b13-8+. The molecule has 23 heavy (non-hydrogen) atoms. The monoisotopic (exact) mass is 407 g/mol. The van der Waals surface area contributed by atoms with E-state index in [1.54, 1.807) is 42.5 Å². The molecule has 0 spiro atoms. The summed E-state index contributed by atoms with van der Waals surface area (Å²) in [6, 6.07) is 10.4. The van der Waals surface area contributed by atoms with Gasteiger partial charge in [0, 0.05) is 11.6 Å². The summed E-state index contributed by atoms with van der Waals surface area (Å²) in [6.45, 7) is 1.48. The largest absolute Gasteiger partial charge is 0.450 e. The van der Waals surface area contributed by atoms with E-state index in [2.05, 4.69) is 15.9 Å². The van der Waals surface area contributed by atoms with Gasteiger partial charge in [-0.1, -0.05) is 36.1 Å². The van der Waals surface area contributed by atoms with Crippen LogP contribution in [-0.4, -0.2) is 16.0 Å². The van der Waals surface area contributed by atoms with Crippen LogP contribution in [0.1, 0.15) is 23.0 Å². The molecule has 7 heteroatoms. The maximum absolute atomic E-state index is 12.6. The molecular weight excluding hydrogens is 398 g/mol. The minimum absolute atomic E-state index is 0.0618. The maximum atomic E-state index is 12.6. The highest BCUT2D eigenvalue weighted by Gasteiger charge is 2.33. The van der Waals surface area contributed by atoms with Gasteiger partial charge >= 0.3 is 0 Å². The minimum atomic E-state index is -0.228. The van der Waals surface area contributed by atoms with Crippen LogP contribution in [0.25, 0.3) is 6.08 Å². The zero-order valence-electron chi connectivity index (χ0n) is 11.9. The fourth-order valence-electron chi connectivity index (χ4n) is 2.09. The molecule has 1 aliphatic heterocycles. The molecule has 0 N–H and O–H groups in total. The summed E-state index contributed by atoms with van der Waals surface area (Å²) >= 11 is 9.74. The second kappa shape index (κ2) is 6.43. The van der Waals surface area contributed by atoms with Crippen molar-refractivity contribution in [1.29, 1.82) is 0 Å². The first-order valence-corrected chi connectivity index (χ1v) is 8.62. The second-order valence-corrected chi connectivity index (χ2v) is 7.22. The lowest BCUT2D eigenvalue weighted by Crippen LogP contribution is -2.27. The van der Waals surface area contributed by atoms with E-state index in [0.717, 1.165) is 0 Å². The fourth-order valence-corrected chi connectivity index (χ4v) is 3.69. The highest BCUT2D eigenvalue weighted by Crippen LogP contribution is 2.36. The molecule has 1 amide bonds. The molecule has 2 heterocycles. The number of hydrogen-bond donors (Lipinski definition) is 0. The zero-order valence-corrected chi connectivity index (χ0v) is 15.1. The molecule has 0 atom stereocenters. The quantitative estimate of drug-likeness (QED) is 0.421. The van der Waals surface area contributed by atoms with Crippen LogP contribution >= 0.6 is 39.9 Å². The average molecular weight is 408 g/mol. The second-order valence-electron chi connectivity index (χ2n) is 4.77. The summed E-state index contributed by atoms with van der Waals surface area (Å²) < 4.78 is 6.40. The number of carbonyl (C=O) groups excluding carboxylic acids is 2. The van der Waals surface area contributed by atoms with E-state index < -0.39 is 0 Å². The zero-order chi connectivity index (χ0) is 16.6. The van der Waals surface area contributed by atoms with Crippen LogP contribution < -0.4 is 4.90 Å². The van der Waals surface area contributed by atoms with E-state index in [-0.39, 0.29) is 11.7 Å². The van der Waals surface area contributed by atoms with Crippen molar-refractivity contribution in [2.75, 3.05) is 4.90 Å². The van der Waals surface area contributed by atoms with Crippen molar-refractivity contribution in [1.82, 2.24) is 0 Å². The lowest BCUT2D eigenvalue weighted by molar-refractivity contribution is -0.113. The van der Waals surface area contributed by atoms with E-state index in [1.807, 2.05) is 0 Å². The Labute approximate surface area is 150 Å². The van der Waals surface area contributed by atoms with E-state index in [1.165, 1.54) is 23.6 Å². The molecule has 1 aliphatic rings. The molecule has 1 aromatic carbocycles. The van der Waals surface area contributed by atoms with Gasteiger partial charge in [0.05, 0.1) is 10.6 Å². The smallest absolute Gasteiger partial charge is 0.270 e. The van der Waals surface area contributed by atoms with E-state index in [4.69, 9.17) is 16.6 Å². The van der Waals surface area contributed by atoms with Crippen molar-refractivity contribution >= 4 is 67.7 Å². The summed E-state index contributed by atoms with van der Waals surface area (Å²) in [5.41, 5.74) is 1.12. The van der Waals surface area contributed by atoms with Gasteiger partial charge in [-0.05, 0) is 47.1 Å². The third kappa shape index (κ3) is 3.31. The van der Waals surface area contributed by atoms with Gasteiger partial charge in [-0.25, -0.2) is 0 Å². The maximum Gasteiger partial charge on any atom is 0.270 e. The Hall–Kier alpha value is -1.70. The van der Waals surface area contributed by atoms with Crippen molar-refractivity contribution in [2.24, 2.45) is 0 Å². The highest BCUT2D eigenvalue weighted by molar-refractivity contribution is 9.10. The van der Waals surface area contributed by atoms with Crippen molar-refractivity contribution < 1.29 is 14.0 Å².